The molecule has 0 aliphatic heterocycles. The molecule has 0 radical (unpaired) electrons. The Kier molecular flexibility index (Phi) is 3.41. The van der Waals surface area contributed by atoms with E-state index < -0.39 is 0 Å². The first-order chi connectivity index (χ1) is 7.59. The highest BCUT2D eigenvalue weighted by Gasteiger charge is 2.15. The van der Waals surface area contributed by atoms with Crippen LogP contribution in [0.15, 0.2) is 29.0 Å². The zero-order chi connectivity index (χ0) is 11.7. The van der Waals surface area contributed by atoms with Gasteiger partial charge in [0.2, 0.25) is 4.69 Å². The molecule has 2 aromatic rings. The highest BCUT2D eigenvalue weighted by molar-refractivity contribution is 9.18. The third-order valence-corrected chi connectivity index (χ3v) is 2.91. The SMILES string of the molecule is O=C(Br)c1cc(Br)nn1-c1ncccc1Cl. The highest BCUT2D eigenvalue weighted by Crippen LogP contribution is 2.22. The van der Waals surface area contributed by atoms with Gasteiger partial charge < -0.3 is 0 Å². The molecule has 0 fully saturated rings. The van der Waals surface area contributed by atoms with Gasteiger partial charge in [-0.15, -0.1) is 0 Å². The predicted molar refractivity (Wildman–Crippen MR) is 67.3 cm³/mol. The summed E-state index contributed by atoms with van der Waals surface area (Å²) in [6.07, 6.45) is 1.58. The highest BCUT2D eigenvalue weighted by atomic mass is 79.9. The molecule has 0 spiro atoms. The first-order valence-corrected chi connectivity index (χ1v) is 6.12. The van der Waals surface area contributed by atoms with Crippen LogP contribution in [0.2, 0.25) is 5.02 Å². The molecular formula is C9H4Br2ClN3O. The summed E-state index contributed by atoms with van der Waals surface area (Å²) in [5.41, 5.74) is 0.354. The lowest BCUT2D eigenvalue weighted by Crippen LogP contribution is -2.06. The summed E-state index contributed by atoms with van der Waals surface area (Å²) in [5, 5.41) is 4.52. The van der Waals surface area contributed by atoms with E-state index in [0.29, 0.717) is 21.1 Å². The van der Waals surface area contributed by atoms with Gasteiger partial charge >= 0.3 is 0 Å². The second-order valence-electron chi connectivity index (χ2n) is 2.85. The summed E-state index contributed by atoms with van der Waals surface area (Å²) in [6.45, 7) is 0. The van der Waals surface area contributed by atoms with E-state index in [1.165, 1.54) is 4.68 Å². The number of carbonyl (C=O) groups excluding carboxylic acids is 1. The van der Waals surface area contributed by atoms with Crippen molar-refractivity contribution in [1.29, 1.82) is 0 Å². The predicted octanol–water partition coefficient (Wildman–Crippen LogP) is 3.22. The number of carbonyl (C=O) groups is 1. The third kappa shape index (κ3) is 2.18. The average molecular weight is 365 g/mol. The van der Waals surface area contributed by atoms with Crippen molar-refractivity contribution in [2.24, 2.45) is 0 Å². The Morgan fingerprint density at radius 3 is 2.88 bits per heavy atom. The minimum Gasteiger partial charge on any atom is -0.279 e. The molecule has 0 N–H and O–H groups in total. The Morgan fingerprint density at radius 1 is 1.50 bits per heavy atom. The van der Waals surface area contributed by atoms with Crippen molar-refractivity contribution >= 4 is 48.2 Å². The summed E-state index contributed by atoms with van der Waals surface area (Å²) in [4.78, 5) is 15.4. The number of hydrogen-bond donors (Lipinski definition) is 0. The monoisotopic (exact) mass is 363 g/mol. The van der Waals surface area contributed by atoms with Gasteiger partial charge in [-0.25, -0.2) is 9.67 Å². The van der Waals surface area contributed by atoms with Gasteiger partial charge in [-0.1, -0.05) is 11.6 Å². The van der Waals surface area contributed by atoms with Crippen molar-refractivity contribution < 1.29 is 4.79 Å². The van der Waals surface area contributed by atoms with Crippen LogP contribution in [-0.4, -0.2) is 19.5 Å². The van der Waals surface area contributed by atoms with Crippen LogP contribution in [0.5, 0.6) is 0 Å². The molecular weight excluding hydrogens is 361 g/mol. The number of nitrogens with zero attached hydrogens (tertiary/aromatic N) is 3. The first kappa shape index (κ1) is 11.8. The van der Waals surface area contributed by atoms with Gasteiger partial charge in [-0.05, 0) is 44.0 Å². The van der Waals surface area contributed by atoms with E-state index in [2.05, 4.69) is 41.9 Å². The normalized spacial score (nSPS) is 10.4. The van der Waals surface area contributed by atoms with Crippen LogP contribution in [0.4, 0.5) is 0 Å². The second-order valence-corrected chi connectivity index (χ2v) is 4.79. The van der Waals surface area contributed by atoms with Gasteiger partial charge in [0.15, 0.2) is 5.82 Å². The number of halogens is 3. The maximum atomic E-state index is 11.3. The molecule has 0 aromatic carbocycles. The minimum absolute atomic E-state index is 0.285. The topological polar surface area (TPSA) is 47.8 Å². The largest absolute Gasteiger partial charge is 0.279 e. The molecule has 82 valence electrons. The molecule has 2 rings (SSSR count). The molecule has 2 aromatic heterocycles. The lowest BCUT2D eigenvalue weighted by molar-refractivity contribution is 0.108. The fourth-order valence-electron chi connectivity index (χ4n) is 1.19. The molecule has 0 amide bonds. The number of hydrogen-bond acceptors (Lipinski definition) is 3. The van der Waals surface area contributed by atoms with Crippen LogP contribution in [0, 0.1) is 0 Å². The van der Waals surface area contributed by atoms with Crippen molar-refractivity contribution in [3.63, 3.8) is 0 Å². The van der Waals surface area contributed by atoms with Crippen molar-refractivity contribution in [2.75, 3.05) is 0 Å². The van der Waals surface area contributed by atoms with E-state index in [9.17, 15) is 4.79 Å². The van der Waals surface area contributed by atoms with Crippen LogP contribution >= 0.6 is 43.5 Å². The van der Waals surface area contributed by atoms with E-state index in [0.717, 1.165) is 0 Å². The molecule has 0 aliphatic rings. The summed E-state index contributed by atoms with van der Waals surface area (Å²) in [5.74, 6) is 0.415. The Labute approximate surface area is 113 Å². The second kappa shape index (κ2) is 4.65. The Balaban J connectivity index is 2.64. The molecule has 2 heterocycles. The average Bonchev–Trinajstić information content (AvgIpc) is 2.61. The number of aromatic nitrogens is 3. The molecule has 7 heteroatoms. The summed E-state index contributed by atoms with van der Waals surface area (Å²) >= 11 is 12.1. The fraction of sp³-hybridized carbons (Fsp3) is 0. The van der Waals surface area contributed by atoms with Gasteiger partial charge in [0.25, 0.3) is 0 Å². The zero-order valence-corrected chi connectivity index (χ0v) is 11.6. The van der Waals surface area contributed by atoms with E-state index in [1.54, 1.807) is 24.4 Å². The van der Waals surface area contributed by atoms with Gasteiger partial charge in [0.05, 0.1) is 5.02 Å². The molecule has 0 atom stereocenters. The van der Waals surface area contributed by atoms with Crippen molar-refractivity contribution in [3.8, 4) is 5.82 Å². The fourth-order valence-corrected chi connectivity index (χ4v) is 2.05. The molecule has 0 unspecified atom stereocenters. The van der Waals surface area contributed by atoms with Crippen LogP contribution < -0.4 is 0 Å². The Bertz CT molecular complexity index is 555. The van der Waals surface area contributed by atoms with E-state index in [1.807, 2.05) is 0 Å². The molecule has 0 bridgehead atoms. The minimum atomic E-state index is -0.285. The Hall–Kier alpha value is -0.720. The number of pyridine rings is 1. The van der Waals surface area contributed by atoms with Crippen molar-refractivity contribution in [2.45, 2.75) is 0 Å². The van der Waals surface area contributed by atoms with Gasteiger partial charge in [-0.3, -0.25) is 4.79 Å². The van der Waals surface area contributed by atoms with E-state index in [4.69, 9.17) is 11.6 Å². The maximum Gasteiger partial charge on any atom is 0.246 e. The van der Waals surface area contributed by atoms with Gasteiger partial charge in [0.1, 0.15) is 10.3 Å². The van der Waals surface area contributed by atoms with Crippen LogP contribution in [0.3, 0.4) is 0 Å². The number of rotatable bonds is 2. The van der Waals surface area contributed by atoms with E-state index >= 15 is 0 Å². The molecule has 0 aliphatic carbocycles. The summed E-state index contributed by atoms with van der Waals surface area (Å²) in [7, 11) is 0. The summed E-state index contributed by atoms with van der Waals surface area (Å²) in [6, 6.07) is 4.98. The van der Waals surface area contributed by atoms with Gasteiger partial charge in [0, 0.05) is 12.3 Å². The third-order valence-electron chi connectivity index (χ3n) is 1.82. The zero-order valence-electron chi connectivity index (χ0n) is 7.69. The molecule has 16 heavy (non-hydrogen) atoms. The summed E-state index contributed by atoms with van der Waals surface area (Å²) < 4.78 is 1.63. The van der Waals surface area contributed by atoms with Crippen molar-refractivity contribution in [3.05, 3.63) is 39.7 Å². The lowest BCUT2D eigenvalue weighted by atomic mass is 10.4. The first-order valence-electron chi connectivity index (χ1n) is 4.16. The quantitative estimate of drug-likeness (QED) is 0.768. The lowest BCUT2D eigenvalue weighted by Gasteiger charge is -2.04. The molecule has 0 saturated carbocycles. The van der Waals surface area contributed by atoms with Gasteiger partial charge in [-0.2, -0.15) is 5.10 Å². The van der Waals surface area contributed by atoms with Crippen molar-refractivity contribution in [1.82, 2.24) is 14.8 Å². The standard InChI is InChI=1S/C9H4Br2ClN3O/c10-7-4-6(8(11)16)15(14-7)9-5(12)2-1-3-13-9/h1-4H. The maximum absolute atomic E-state index is 11.3. The van der Waals surface area contributed by atoms with E-state index in [-0.39, 0.29) is 4.69 Å². The smallest absolute Gasteiger partial charge is 0.246 e. The molecule has 4 nitrogen and oxygen atoms in total. The molecule has 0 saturated heterocycles. The van der Waals surface area contributed by atoms with Crippen LogP contribution in [0.1, 0.15) is 10.5 Å². The van der Waals surface area contributed by atoms with Crippen LogP contribution in [-0.2, 0) is 0 Å². The van der Waals surface area contributed by atoms with Crippen LogP contribution in [0.25, 0.3) is 5.82 Å². The Morgan fingerprint density at radius 2 is 2.25 bits per heavy atom.